The second-order valence-electron chi connectivity index (χ2n) is 6.17. The Labute approximate surface area is 170 Å². The summed E-state index contributed by atoms with van der Waals surface area (Å²) in [6, 6.07) is 19.8. The van der Waals surface area contributed by atoms with Gasteiger partial charge in [0.05, 0.1) is 6.54 Å². The van der Waals surface area contributed by atoms with Crippen molar-refractivity contribution in [3.63, 3.8) is 0 Å². The Balaban J connectivity index is 1.73. The Bertz CT molecular complexity index is 768. The van der Waals surface area contributed by atoms with Gasteiger partial charge in [-0.1, -0.05) is 92.5 Å². The lowest BCUT2D eigenvalue weighted by Gasteiger charge is -2.19. The maximum absolute atomic E-state index is 12.9. The molecule has 0 aliphatic carbocycles. The maximum atomic E-state index is 12.9. The summed E-state index contributed by atoms with van der Waals surface area (Å²) >= 11 is 7.06. The number of hydrogen-bond donors (Lipinski definition) is 1. The zero-order valence-corrected chi connectivity index (χ0v) is 17.4. The van der Waals surface area contributed by atoms with Crippen LogP contribution in [0.25, 0.3) is 0 Å². The molecule has 0 saturated carbocycles. The summed E-state index contributed by atoms with van der Waals surface area (Å²) in [6.07, 6.45) is 0.443. The third-order valence-corrected chi connectivity index (χ3v) is 5.95. The van der Waals surface area contributed by atoms with E-state index in [1.807, 2.05) is 60.7 Å². The summed E-state index contributed by atoms with van der Waals surface area (Å²) in [5.74, 6) is 0.313. The van der Waals surface area contributed by atoms with Crippen LogP contribution in [-0.4, -0.2) is 27.6 Å². The van der Waals surface area contributed by atoms with Crippen molar-refractivity contribution >= 4 is 43.7 Å². The first-order chi connectivity index (χ1) is 12.6. The van der Waals surface area contributed by atoms with Gasteiger partial charge in [-0.3, -0.25) is 4.79 Å². The summed E-state index contributed by atoms with van der Waals surface area (Å²) < 4.78 is 4.98. The molecule has 6 heteroatoms. The van der Waals surface area contributed by atoms with E-state index in [0.29, 0.717) is 30.7 Å². The summed E-state index contributed by atoms with van der Waals surface area (Å²) in [5, 5.41) is 3.64. The Morgan fingerprint density at radius 1 is 1.12 bits per heavy atom. The van der Waals surface area contributed by atoms with Gasteiger partial charge in [0.25, 0.3) is 0 Å². The van der Waals surface area contributed by atoms with E-state index >= 15 is 0 Å². The van der Waals surface area contributed by atoms with Crippen molar-refractivity contribution in [2.24, 2.45) is 4.99 Å². The lowest BCUT2D eigenvalue weighted by atomic mass is 10.0. The number of rotatable bonds is 6. The molecule has 2 atom stereocenters. The second-order valence-corrected chi connectivity index (χ2v) is 8.18. The van der Waals surface area contributed by atoms with Crippen LogP contribution in [-0.2, 0) is 22.6 Å². The minimum Gasteiger partial charge on any atom is -0.475 e. The fourth-order valence-corrected chi connectivity index (χ4v) is 3.88. The van der Waals surface area contributed by atoms with E-state index in [9.17, 15) is 4.79 Å². The van der Waals surface area contributed by atoms with Crippen LogP contribution in [0, 0.1) is 0 Å². The van der Waals surface area contributed by atoms with Crippen molar-refractivity contribution in [2.75, 3.05) is 5.33 Å². The van der Waals surface area contributed by atoms with Gasteiger partial charge < -0.3 is 10.1 Å². The van der Waals surface area contributed by atoms with Gasteiger partial charge >= 0.3 is 0 Å². The standard InChI is InChI=1S/C20H20Br2N2O2/c21-12-17-11-20(22,18(25)23-13-15-7-3-1-4-8-15)19(26-17)24-14-16-9-5-2-6-10-16/h1-10,17H,11-14H2,(H,23,25)/t17-,20+/m0/s1. The molecule has 1 heterocycles. The van der Waals surface area contributed by atoms with Gasteiger partial charge in [0.2, 0.25) is 11.8 Å². The molecule has 0 radical (unpaired) electrons. The van der Waals surface area contributed by atoms with Crippen LogP contribution >= 0.6 is 31.9 Å². The number of amides is 1. The number of carbonyl (C=O) groups is 1. The SMILES string of the molecule is O=C(NCc1ccccc1)[C@]1(Br)C[C@@H](CBr)OC1=NCc1ccccc1. The van der Waals surface area contributed by atoms with Crippen LogP contribution in [0.15, 0.2) is 65.7 Å². The number of halogens is 2. The molecule has 0 spiro atoms. The number of alkyl halides is 2. The van der Waals surface area contributed by atoms with Gasteiger partial charge in [-0.25, -0.2) is 4.99 Å². The largest absolute Gasteiger partial charge is 0.475 e. The highest BCUT2D eigenvalue weighted by atomic mass is 79.9. The lowest BCUT2D eigenvalue weighted by Crippen LogP contribution is -2.45. The third kappa shape index (κ3) is 4.54. The normalized spacial score (nSPS) is 23.6. The number of ether oxygens (including phenoxy) is 1. The van der Waals surface area contributed by atoms with Gasteiger partial charge in [0, 0.05) is 18.3 Å². The number of hydrogen-bond acceptors (Lipinski definition) is 3. The second kappa shape index (κ2) is 8.82. The molecule has 1 fully saturated rings. The highest BCUT2D eigenvalue weighted by Crippen LogP contribution is 2.36. The van der Waals surface area contributed by atoms with Gasteiger partial charge in [-0.15, -0.1) is 0 Å². The van der Waals surface area contributed by atoms with Gasteiger partial charge in [0.1, 0.15) is 6.10 Å². The Hall–Kier alpha value is -1.66. The maximum Gasteiger partial charge on any atom is 0.246 e. The Kier molecular flexibility index (Phi) is 6.48. The van der Waals surface area contributed by atoms with Crippen LogP contribution < -0.4 is 5.32 Å². The summed E-state index contributed by atoms with van der Waals surface area (Å²) in [5.41, 5.74) is 2.13. The van der Waals surface area contributed by atoms with Crippen molar-refractivity contribution in [3.8, 4) is 0 Å². The minimum atomic E-state index is -0.936. The monoisotopic (exact) mass is 478 g/mol. The number of benzene rings is 2. The van der Waals surface area contributed by atoms with E-state index in [-0.39, 0.29) is 12.0 Å². The predicted molar refractivity (Wildman–Crippen MR) is 111 cm³/mol. The predicted octanol–water partition coefficient (Wildman–Crippen LogP) is 4.22. The number of aliphatic imine (C=N–C) groups is 1. The number of nitrogens with one attached hydrogen (secondary N) is 1. The molecular formula is C20H20Br2N2O2. The zero-order chi connectivity index (χ0) is 18.4. The minimum absolute atomic E-state index is 0.0913. The van der Waals surface area contributed by atoms with Crippen molar-refractivity contribution in [2.45, 2.75) is 29.9 Å². The molecule has 4 nitrogen and oxygen atoms in total. The first-order valence-electron chi connectivity index (χ1n) is 8.44. The Morgan fingerprint density at radius 2 is 1.73 bits per heavy atom. The van der Waals surface area contributed by atoms with E-state index in [1.165, 1.54) is 0 Å². The van der Waals surface area contributed by atoms with Crippen LogP contribution in [0.3, 0.4) is 0 Å². The van der Waals surface area contributed by atoms with Crippen molar-refractivity contribution in [1.82, 2.24) is 5.32 Å². The van der Waals surface area contributed by atoms with Crippen LogP contribution in [0.2, 0.25) is 0 Å². The van der Waals surface area contributed by atoms with E-state index in [1.54, 1.807) is 0 Å². The molecule has 1 amide bonds. The highest BCUT2D eigenvalue weighted by molar-refractivity contribution is 9.10. The molecule has 3 rings (SSSR count). The van der Waals surface area contributed by atoms with E-state index in [0.717, 1.165) is 11.1 Å². The molecule has 1 N–H and O–H groups in total. The lowest BCUT2D eigenvalue weighted by molar-refractivity contribution is -0.121. The molecule has 0 unspecified atom stereocenters. The van der Waals surface area contributed by atoms with Gasteiger partial charge in [0.15, 0.2) is 4.32 Å². The van der Waals surface area contributed by atoms with E-state index in [4.69, 9.17) is 4.74 Å². The van der Waals surface area contributed by atoms with E-state index < -0.39 is 4.32 Å². The van der Waals surface area contributed by atoms with Gasteiger partial charge in [-0.2, -0.15) is 0 Å². The fraction of sp³-hybridized carbons (Fsp3) is 0.300. The molecule has 136 valence electrons. The van der Waals surface area contributed by atoms with Crippen LogP contribution in [0.4, 0.5) is 0 Å². The molecule has 2 aromatic rings. The summed E-state index contributed by atoms with van der Waals surface area (Å²) in [7, 11) is 0. The van der Waals surface area contributed by atoms with Crippen molar-refractivity contribution in [3.05, 3.63) is 71.8 Å². The molecule has 1 aliphatic heterocycles. The van der Waals surface area contributed by atoms with Crippen molar-refractivity contribution < 1.29 is 9.53 Å². The topological polar surface area (TPSA) is 50.7 Å². The first-order valence-corrected chi connectivity index (χ1v) is 10.4. The highest BCUT2D eigenvalue weighted by Gasteiger charge is 2.50. The Morgan fingerprint density at radius 3 is 2.35 bits per heavy atom. The molecule has 1 saturated heterocycles. The number of carbonyl (C=O) groups excluding carboxylic acids is 1. The zero-order valence-electron chi connectivity index (χ0n) is 14.2. The average molecular weight is 480 g/mol. The quantitative estimate of drug-likeness (QED) is 0.630. The molecule has 26 heavy (non-hydrogen) atoms. The molecule has 0 bridgehead atoms. The van der Waals surface area contributed by atoms with Crippen molar-refractivity contribution in [1.29, 1.82) is 0 Å². The average Bonchev–Trinajstić information content (AvgIpc) is 3.03. The molecular weight excluding hydrogens is 460 g/mol. The third-order valence-electron chi connectivity index (χ3n) is 4.20. The fourth-order valence-electron chi connectivity index (χ4n) is 2.80. The smallest absolute Gasteiger partial charge is 0.246 e. The number of nitrogens with zero attached hydrogens (tertiary/aromatic N) is 1. The first kappa shape index (κ1) is 19.1. The van der Waals surface area contributed by atoms with Crippen LogP contribution in [0.5, 0.6) is 0 Å². The summed E-state index contributed by atoms with van der Waals surface area (Å²) in [6.45, 7) is 0.947. The summed E-state index contributed by atoms with van der Waals surface area (Å²) in [4.78, 5) is 17.5. The molecule has 1 aliphatic rings. The molecule has 0 aromatic heterocycles. The molecule has 2 aromatic carbocycles. The van der Waals surface area contributed by atoms with E-state index in [2.05, 4.69) is 42.2 Å². The van der Waals surface area contributed by atoms with Gasteiger partial charge in [-0.05, 0) is 11.1 Å². The van der Waals surface area contributed by atoms with Crippen LogP contribution in [0.1, 0.15) is 17.5 Å².